The highest BCUT2D eigenvalue weighted by molar-refractivity contribution is 7.92. The van der Waals surface area contributed by atoms with Gasteiger partial charge in [0.25, 0.3) is 10.0 Å². The molecule has 0 spiro atoms. The molecule has 0 aliphatic carbocycles. The third kappa shape index (κ3) is 3.83. The summed E-state index contributed by atoms with van der Waals surface area (Å²) in [5.74, 6) is -0.338. The van der Waals surface area contributed by atoms with E-state index in [1.54, 1.807) is 60.7 Å². The zero-order chi connectivity index (χ0) is 18.7. The van der Waals surface area contributed by atoms with Gasteiger partial charge >= 0.3 is 0 Å². The van der Waals surface area contributed by atoms with Crippen molar-refractivity contribution in [1.29, 1.82) is 0 Å². The molecule has 0 saturated carbocycles. The molecule has 0 heterocycles. The van der Waals surface area contributed by atoms with Gasteiger partial charge in [0.15, 0.2) is 0 Å². The molecule has 0 bridgehead atoms. The van der Waals surface area contributed by atoms with Crippen molar-refractivity contribution in [2.45, 2.75) is 11.8 Å². The van der Waals surface area contributed by atoms with Crippen LogP contribution in [0.25, 0.3) is 5.57 Å². The number of halogens is 1. The number of rotatable bonds is 5. The average molecular weight is 367 g/mol. The summed E-state index contributed by atoms with van der Waals surface area (Å²) in [6.45, 7) is 5.94. The molecule has 0 fully saturated rings. The molecule has 5 heteroatoms. The number of anilines is 1. The zero-order valence-corrected chi connectivity index (χ0v) is 15.1. The van der Waals surface area contributed by atoms with E-state index in [9.17, 15) is 12.8 Å². The van der Waals surface area contributed by atoms with Gasteiger partial charge in [-0.2, -0.15) is 0 Å². The lowest BCUT2D eigenvalue weighted by atomic mass is 9.98. The fraction of sp³-hybridized carbons (Fsp3) is 0.0476. The Bertz CT molecular complexity index is 1040. The first kappa shape index (κ1) is 17.9. The number of benzene rings is 3. The number of nitrogens with one attached hydrogen (secondary N) is 1. The Morgan fingerprint density at radius 2 is 1.54 bits per heavy atom. The summed E-state index contributed by atoms with van der Waals surface area (Å²) < 4.78 is 41.1. The van der Waals surface area contributed by atoms with Crippen LogP contribution in [0.4, 0.5) is 10.1 Å². The zero-order valence-electron chi connectivity index (χ0n) is 14.2. The van der Waals surface area contributed by atoms with E-state index < -0.39 is 10.0 Å². The monoisotopic (exact) mass is 367 g/mol. The van der Waals surface area contributed by atoms with E-state index in [2.05, 4.69) is 11.3 Å². The van der Waals surface area contributed by atoms with Crippen LogP contribution in [0.1, 0.15) is 16.7 Å². The lowest BCUT2D eigenvalue weighted by Crippen LogP contribution is -2.14. The number of aryl methyl sites for hydroxylation is 1. The van der Waals surface area contributed by atoms with Crippen LogP contribution in [0, 0.1) is 12.7 Å². The van der Waals surface area contributed by atoms with E-state index >= 15 is 0 Å². The summed E-state index contributed by atoms with van der Waals surface area (Å²) >= 11 is 0. The van der Waals surface area contributed by atoms with Crippen LogP contribution >= 0.6 is 0 Å². The lowest BCUT2D eigenvalue weighted by molar-refractivity contribution is 0.601. The van der Waals surface area contributed by atoms with Gasteiger partial charge in [0.05, 0.1) is 10.6 Å². The number of para-hydroxylation sites is 1. The fourth-order valence-electron chi connectivity index (χ4n) is 2.56. The molecule has 0 unspecified atom stereocenters. The molecule has 3 nitrogen and oxygen atoms in total. The molecule has 0 amide bonds. The highest BCUT2D eigenvalue weighted by atomic mass is 32.2. The minimum absolute atomic E-state index is 0.185. The molecule has 3 aromatic carbocycles. The van der Waals surface area contributed by atoms with E-state index in [0.717, 1.165) is 5.56 Å². The first-order valence-corrected chi connectivity index (χ1v) is 9.49. The van der Waals surface area contributed by atoms with Crippen molar-refractivity contribution in [3.8, 4) is 0 Å². The highest BCUT2D eigenvalue weighted by Crippen LogP contribution is 2.29. The van der Waals surface area contributed by atoms with Crippen LogP contribution in [0.15, 0.2) is 84.3 Å². The lowest BCUT2D eigenvalue weighted by Gasteiger charge is -2.15. The molecular weight excluding hydrogens is 349 g/mol. The van der Waals surface area contributed by atoms with Gasteiger partial charge in [0.1, 0.15) is 5.82 Å². The molecule has 26 heavy (non-hydrogen) atoms. The largest absolute Gasteiger partial charge is 0.279 e. The van der Waals surface area contributed by atoms with Gasteiger partial charge in [0.2, 0.25) is 0 Å². The summed E-state index contributed by atoms with van der Waals surface area (Å²) in [7, 11) is -3.73. The van der Waals surface area contributed by atoms with Crippen LogP contribution < -0.4 is 4.72 Å². The molecule has 3 rings (SSSR count). The molecule has 1 N–H and O–H groups in total. The topological polar surface area (TPSA) is 46.2 Å². The van der Waals surface area contributed by atoms with Crippen LogP contribution in [0.2, 0.25) is 0 Å². The molecule has 0 aliphatic heterocycles. The number of hydrogen-bond donors (Lipinski definition) is 1. The first-order chi connectivity index (χ1) is 12.4. The van der Waals surface area contributed by atoms with Crippen molar-refractivity contribution in [2.75, 3.05) is 4.72 Å². The maximum atomic E-state index is 13.1. The molecule has 132 valence electrons. The molecule has 0 saturated heterocycles. The second-order valence-electron chi connectivity index (χ2n) is 5.95. The summed E-state index contributed by atoms with van der Waals surface area (Å²) in [6, 6.07) is 19.5. The first-order valence-electron chi connectivity index (χ1n) is 8.00. The molecule has 0 atom stereocenters. The average Bonchev–Trinajstić information content (AvgIpc) is 2.62. The van der Waals surface area contributed by atoms with Gasteiger partial charge in [-0.05, 0) is 48.4 Å². The summed E-state index contributed by atoms with van der Waals surface area (Å²) in [5.41, 5.74) is 3.35. The van der Waals surface area contributed by atoms with E-state index in [-0.39, 0.29) is 10.7 Å². The molecular formula is C21H18FNO2S. The van der Waals surface area contributed by atoms with Crippen molar-refractivity contribution < 1.29 is 12.8 Å². The van der Waals surface area contributed by atoms with Crippen molar-refractivity contribution in [2.24, 2.45) is 0 Å². The Morgan fingerprint density at radius 1 is 0.923 bits per heavy atom. The van der Waals surface area contributed by atoms with Crippen molar-refractivity contribution >= 4 is 21.3 Å². The molecule has 0 radical (unpaired) electrons. The predicted octanol–water partition coefficient (Wildman–Crippen LogP) is 5.00. The SMILES string of the molecule is C=C(c1ccc(F)cc1)c1ccccc1NS(=O)(=O)c1ccc(C)cc1. The second kappa shape index (κ2) is 7.14. The minimum atomic E-state index is -3.73. The normalized spacial score (nSPS) is 11.2. The van der Waals surface area contributed by atoms with Crippen molar-refractivity contribution in [1.82, 2.24) is 0 Å². The van der Waals surface area contributed by atoms with Gasteiger partial charge in [-0.3, -0.25) is 4.72 Å². The van der Waals surface area contributed by atoms with Crippen LogP contribution in [0.5, 0.6) is 0 Å². The number of sulfonamides is 1. The maximum Gasteiger partial charge on any atom is 0.261 e. The molecule has 0 aromatic heterocycles. The Morgan fingerprint density at radius 3 is 2.19 bits per heavy atom. The Labute approximate surface area is 152 Å². The van der Waals surface area contributed by atoms with Crippen LogP contribution in [0.3, 0.4) is 0 Å². The fourth-order valence-corrected chi connectivity index (χ4v) is 3.64. The van der Waals surface area contributed by atoms with Crippen molar-refractivity contribution in [3.05, 3.63) is 102 Å². The van der Waals surface area contributed by atoms with E-state index in [0.29, 0.717) is 22.4 Å². The third-order valence-corrected chi connectivity index (χ3v) is 5.40. The van der Waals surface area contributed by atoms with Gasteiger partial charge in [0, 0.05) is 5.56 Å². The second-order valence-corrected chi connectivity index (χ2v) is 7.63. The third-order valence-electron chi connectivity index (χ3n) is 4.02. The van der Waals surface area contributed by atoms with Crippen LogP contribution in [-0.2, 0) is 10.0 Å². The van der Waals surface area contributed by atoms with E-state index in [1.807, 2.05) is 6.92 Å². The summed E-state index contributed by atoms with van der Waals surface area (Å²) in [4.78, 5) is 0.185. The Balaban J connectivity index is 1.95. The quantitative estimate of drug-likeness (QED) is 0.690. The Hall–Kier alpha value is -2.92. The van der Waals surface area contributed by atoms with Crippen molar-refractivity contribution in [3.63, 3.8) is 0 Å². The number of hydrogen-bond acceptors (Lipinski definition) is 2. The molecule has 0 aliphatic rings. The van der Waals surface area contributed by atoms with Gasteiger partial charge in [-0.25, -0.2) is 12.8 Å². The maximum absolute atomic E-state index is 13.1. The minimum Gasteiger partial charge on any atom is -0.279 e. The van der Waals surface area contributed by atoms with Crippen LogP contribution in [-0.4, -0.2) is 8.42 Å². The standard InChI is InChI=1S/C21H18FNO2S/c1-15-7-13-19(14-8-15)26(24,25)23-21-6-4-3-5-20(21)16(2)17-9-11-18(22)12-10-17/h3-14,23H,2H2,1H3. The van der Waals surface area contributed by atoms with E-state index in [4.69, 9.17) is 0 Å². The highest BCUT2D eigenvalue weighted by Gasteiger charge is 2.17. The smallest absolute Gasteiger partial charge is 0.261 e. The Kier molecular flexibility index (Phi) is 4.91. The summed E-state index contributed by atoms with van der Waals surface area (Å²) in [5, 5.41) is 0. The predicted molar refractivity (Wildman–Crippen MR) is 103 cm³/mol. The van der Waals surface area contributed by atoms with Gasteiger partial charge in [-0.15, -0.1) is 0 Å². The summed E-state index contributed by atoms with van der Waals surface area (Å²) in [6.07, 6.45) is 0. The van der Waals surface area contributed by atoms with Gasteiger partial charge < -0.3 is 0 Å². The van der Waals surface area contributed by atoms with Gasteiger partial charge in [-0.1, -0.05) is 54.6 Å². The van der Waals surface area contributed by atoms with E-state index in [1.165, 1.54) is 12.1 Å². The molecule has 3 aromatic rings.